The molecule has 6 nitrogen and oxygen atoms in total. The van der Waals surface area contributed by atoms with E-state index in [-0.39, 0.29) is 5.91 Å². The summed E-state index contributed by atoms with van der Waals surface area (Å²) in [5.41, 5.74) is 6.66. The van der Waals surface area contributed by atoms with Gasteiger partial charge >= 0.3 is 0 Å². The van der Waals surface area contributed by atoms with Gasteiger partial charge in [-0.3, -0.25) is 4.79 Å². The van der Waals surface area contributed by atoms with E-state index in [0.717, 1.165) is 39.5 Å². The molecule has 0 atom stereocenters. The number of nitrogens with one attached hydrogen (secondary N) is 1. The largest absolute Gasteiger partial charge is 0.380 e. The van der Waals surface area contributed by atoms with Gasteiger partial charge in [-0.2, -0.15) is 5.10 Å². The van der Waals surface area contributed by atoms with Gasteiger partial charge in [0.05, 0.1) is 12.3 Å². The minimum absolute atomic E-state index is 0.0184. The molecule has 1 amide bonds. The fourth-order valence-corrected chi connectivity index (χ4v) is 3.17. The number of aryl methyl sites for hydroxylation is 3. The molecule has 2 heterocycles. The van der Waals surface area contributed by atoms with Gasteiger partial charge in [0.25, 0.3) is 0 Å². The van der Waals surface area contributed by atoms with E-state index in [1.54, 1.807) is 7.11 Å². The lowest BCUT2D eigenvalue weighted by atomic mass is 10.1. The summed E-state index contributed by atoms with van der Waals surface area (Å²) in [6.45, 7) is 6.48. The lowest BCUT2D eigenvalue weighted by Gasteiger charge is -2.11. The van der Waals surface area contributed by atoms with Crippen molar-refractivity contribution in [2.24, 2.45) is 0 Å². The van der Waals surface area contributed by atoms with Crippen molar-refractivity contribution in [1.29, 1.82) is 0 Å². The summed E-state index contributed by atoms with van der Waals surface area (Å²) >= 11 is 0. The normalized spacial score (nSPS) is 11.1. The molecular formula is C20H24N4O2. The number of carbonyl (C=O) groups is 1. The van der Waals surface area contributed by atoms with E-state index >= 15 is 0 Å². The molecule has 0 aliphatic carbocycles. The summed E-state index contributed by atoms with van der Waals surface area (Å²) in [5.74, 6) is -0.0184. The highest BCUT2D eigenvalue weighted by molar-refractivity contribution is 5.90. The number of hydrogen-bond acceptors (Lipinski definition) is 4. The summed E-state index contributed by atoms with van der Waals surface area (Å²) in [6.07, 6.45) is 1.02. The number of carbonyl (C=O) groups excluding carboxylic acids is 1. The Balaban J connectivity index is 1.70. The van der Waals surface area contributed by atoms with E-state index < -0.39 is 0 Å². The number of rotatable bonds is 6. The van der Waals surface area contributed by atoms with Crippen LogP contribution in [0.2, 0.25) is 0 Å². The lowest BCUT2D eigenvalue weighted by molar-refractivity contribution is -0.116. The zero-order chi connectivity index (χ0) is 18.7. The van der Waals surface area contributed by atoms with Gasteiger partial charge < -0.3 is 10.1 Å². The number of ether oxygens (including phenoxy) is 1. The molecule has 1 aromatic carbocycles. The quantitative estimate of drug-likeness (QED) is 0.738. The fourth-order valence-electron chi connectivity index (χ4n) is 3.17. The smallest absolute Gasteiger partial charge is 0.224 e. The summed E-state index contributed by atoms with van der Waals surface area (Å²) in [7, 11) is 1.65. The number of methoxy groups -OCH3 is 1. The van der Waals surface area contributed by atoms with Crippen LogP contribution in [0.25, 0.3) is 5.65 Å². The number of aromatic nitrogens is 3. The maximum atomic E-state index is 12.4. The molecule has 6 heteroatoms. The minimum Gasteiger partial charge on any atom is -0.380 e. The van der Waals surface area contributed by atoms with Crippen LogP contribution < -0.4 is 5.32 Å². The molecule has 3 rings (SSSR count). The van der Waals surface area contributed by atoms with Gasteiger partial charge in [0.1, 0.15) is 0 Å². The molecule has 26 heavy (non-hydrogen) atoms. The Labute approximate surface area is 153 Å². The van der Waals surface area contributed by atoms with Crippen molar-refractivity contribution >= 4 is 17.2 Å². The second-order valence-corrected chi connectivity index (χ2v) is 6.50. The van der Waals surface area contributed by atoms with Gasteiger partial charge in [-0.05, 0) is 50.5 Å². The summed E-state index contributed by atoms with van der Waals surface area (Å²) in [4.78, 5) is 17.0. The van der Waals surface area contributed by atoms with Crippen LogP contribution in [-0.4, -0.2) is 27.6 Å². The second kappa shape index (κ2) is 7.66. The summed E-state index contributed by atoms with van der Waals surface area (Å²) < 4.78 is 6.98. The molecule has 0 bridgehead atoms. The number of nitrogens with zero attached hydrogens (tertiary/aromatic N) is 3. The molecule has 0 aliphatic heterocycles. The Morgan fingerprint density at radius 3 is 2.81 bits per heavy atom. The molecule has 0 radical (unpaired) electrons. The Bertz CT molecular complexity index is 946. The van der Waals surface area contributed by atoms with E-state index in [1.165, 1.54) is 0 Å². The molecule has 0 saturated carbocycles. The van der Waals surface area contributed by atoms with Crippen molar-refractivity contribution in [2.45, 2.75) is 40.2 Å². The van der Waals surface area contributed by atoms with Crippen molar-refractivity contribution in [3.05, 3.63) is 58.5 Å². The first kappa shape index (κ1) is 18.1. The van der Waals surface area contributed by atoms with E-state index in [0.29, 0.717) is 19.4 Å². The predicted molar refractivity (Wildman–Crippen MR) is 101 cm³/mol. The van der Waals surface area contributed by atoms with Crippen molar-refractivity contribution in [3.63, 3.8) is 0 Å². The van der Waals surface area contributed by atoms with Crippen LogP contribution in [0.1, 0.15) is 34.6 Å². The first-order valence-corrected chi connectivity index (χ1v) is 8.68. The van der Waals surface area contributed by atoms with Crippen LogP contribution in [0.4, 0.5) is 5.69 Å². The van der Waals surface area contributed by atoms with Gasteiger partial charge in [0.15, 0.2) is 5.65 Å². The molecule has 3 aromatic rings. The number of hydrogen-bond donors (Lipinski definition) is 1. The third-order valence-corrected chi connectivity index (χ3v) is 4.41. The molecule has 0 saturated heterocycles. The van der Waals surface area contributed by atoms with Gasteiger partial charge in [-0.15, -0.1) is 0 Å². The molecule has 136 valence electrons. The van der Waals surface area contributed by atoms with E-state index in [9.17, 15) is 4.79 Å². The average Bonchev–Trinajstić information content (AvgIpc) is 2.96. The third-order valence-electron chi connectivity index (χ3n) is 4.41. The summed E-state index contributed by atoms with van der Waals surface area (Å²) in [5, 5.41) is 7.43. The number of anilines is 1. The average molecular weight is 352 g/mol. The van der Waals surface area contributed by atoms with Gasteiger partial charge in [-0.25, -0.2) is 9.50 Å². The third kappa shape index (κ3) is 3.91. The first-order valence-electron chi connectivity index (χ1n) is 8.68. The molecule has 0 spiro atoms. The number of benzene rings is 1. The van der Waals surface area contributed by atoms with Crippen molar-refractivity contribution < 1.29 is 9.53 Å². The topological polar surface area (TPSA) is 68.5 Å². The Morgan fingerprint density at radius 1 is 1.23 bits per heavy atom. The highest BCUT2D eigenvalue weighted by Crippen LogP contribution is 2.18. The van der Waals surface area contributed by atoms with Gasteiger partial charge in [0.2, 0.25) is 5.91 Å². The number of amides is 1. The minimum atomic E-state index is -0.0184. The molecule has 0 aliphatic rings. The Morgan fingerprint density at radius 2 is 2.04 bits per heavy atom. The van der Waals surface area contributed by atoms with Crippen LogP contribution in [0, 0.1) is 20.8 Å². The highest BCUT2D eigenvalue weighted by atomic mass is 16.5. The summed E-state index contributed by atoms with van der Waals surface area (Å²) in [6, 6.07) is 9.66. The molecular weight excluding hydrogens is 328 g/mol. The number of fused-ring (bicyclic) bond motifs is 1. The van der Waals surface area contributed by atoms with Crippen molar-refractivity contribution in [2.75, 3.05) is 12.4 Å². The van der Waals surface area contributed by atoms with Crippen LogP contribution in [0.15, 0.2) is 30.3 Å². The second-order valence-electron chi connectivity index (χ2n) is 6.50. The van der Waals surface area contributed by atoms with Crippen LogP contribution in [0.5, 0.6) is 0 Å². The predicted octanol–water partition coefficient (Wildman–Crippen LogP) is 3.37. The van der Waals surface area contributed by atoms with Crippen molar-refractivity contribution in [3.8, 4) is 0 Å². The molecule has 0 fully saturated rings. The maximum Gasteiger partial charge on any atom is 0.224 e. The van der Waals surface area contributed by atoms with Crippen LogP contribution in [-0.2, 0) is 22.6 Å². The Hall–Kier alpha value is -2.73. The highest BCUT2D eigenvalue weighted by Gasteiger charge is 2.13. The first-order chi connectivity index (χ1) is 12.5. The fraction of sp³-hybridized carbons (Fsp3) is 0.350. The van der Waals surface area contributed by atoms with E-state index in [2.05, 4.69) is 15.4 Å². The Kier molecular flexibility index (Phi) is 5.32. The monoisotopic (exact) mass is 352 g/mol. The van der Waals surface area contributed by atoms with Gasteiger partial charge in [-0.1, -0.05) is 12.1 Å². The van der Waals surface area contributed by atoms with E-state index in [4.69, 9.17) is 4.74 Å². The SMILES string of the molecule is COCc1cccc(NC(=O)CCc2c(C)nc3cc(C)nn3c2C)c1. The van der Waals surface area contributed by atoms with Crippen molar-refractivity contribution in [1.82, 2.24) is 14.6 Å². The van der Waals surface area contributed by atoms with Crippen LogP contribution in [0.3, 0.4) is 0 Å². The maximum absolute atomic E-state index is 12.4. The molecule has 2 aromatic heterocycles. The standard InChI is InChI=1S/C20H24N4O2/c1-13-10-19-21-14(2)18(15(3)24(19)23-13)8-9-20(25)22-17-7-5-6-16(11-17)12-26-4/h5-7,10-11H,8-9,12H2,1-4H3,(H,22,25). The zero-order valence-electron chi connectivity index (χ0n) is 15.7. The van der Waals surface area contributed by atoms with E-state index in [1.807, 2.05) is 55.6 Å². The molecule has 0 unspecified atom stereocenters. The lowest BCUT2D eigenvalue weighted by Crippen LogP contribution is -2.14. The molecule has 1 N–H and O–H groups in total. The van der Waals surface area contributed by atoms with Crippen LogP contribution >= 0.6 is 0 Å². The van der Waals surface area contributed by atoms with Gasteiger partial charge in [0, 0.05) is 36.7 Å². The zero-order valence-corrected chi connectivity index (χ0v) is 15.7.